The number of aromatic nitrogens is 2. The highest BCUT2D eigenvalue weighted by Gasteiger charge is 2.34. The number of aryl methyl sites for hydroxylation is 1. The van der Waals surface area contributed by atoms with Crippen LogP contribution < -0.4 is 5.32 Å². The third-order valence-electron chi connectivity index (χ3n) is 3.06. The molecule has 1 heterocycles. The van der Waals surface area contributed by atoms with Gasteiger partial charge in [0.25, 0.3) is 5.91 Å². The van der Waals surface area contributed by atoms with E-state index in [1.54, 1.807) is 6.07 Å². The van der Waals surface area contributed by atoms with Crippen molar-refractivity contribution in [2.75, 3.05) is 7.11 Å². The third-order valence-corrected chi connectivity index (χ3v) is 3.06. The normalized spacial score (nSPS) is 16.1. The zero-order valence-electron chi connectivity index (χ0n) is 10.5. The Balaban J connectivity index is 1.96. The fourth-order valence-electron chi connectivity index (χ4n) is 1.87. The zero-order chi connectivity index (χ0) is 13.1. The average Bonchev–Trinajstić information content (AvgIpc) is 3.10. The lowest BCUT2D eigenvalue weighted by Gasteiger charge is -2.16. The molecule has 0 aliphatic heterocycles. The SMILES string of the molecule is COC(=O)C[C@@H](NC(=O)c1cc(C)[nH]n1)C1CC1. The number of hydrogen-bond donors (Lipinski definition) is 2. The van der Waals surface area contributed by atoms with Crippen molar-refractivity contribution in [1.29, 1.82) is 0 Å². The molecule has 1 amide bonds. The van der Waals surface area contributed by atoms with Gasteiger partial charge in [-0.25, -0.2) is 0 Å². The number of amides is 1. The van der Waals surface area contributed by atoms with E-state index in [0.29, 0.717) is 11.6 Å². The molecule has 0 bridgehead atoms. The molecule has 1 atom stereocenters. The smallest absolute Gasteiger partial charge is 0.307 e. The van der Waals surface area contributed by atoms with Crippen LogP contribution in [0.25, 0.3) is 0 Å². The zero-order valence-corrected chi connectivity index (χ0v) is 10.5. The van der Waals surface area contributed by atoms with Crippen LogP contribution >= 0.6 is 0 Å². The minimum atomic E-state index is -0.301. The molecule has 98 valence electrons. The molecular formula is C12H17N3O3. The average molecular weight is 251 g/mol. The number of rotatable bonds is 5. The van der Waals surface area contributed by atoms with Gasteiger partial charge in [-0.3, -0.25) is 14.7 Å². The lowest BCUT2D eigenvalue weighted by atomic mass is 10.1. The molecule has 0 spiro atoms. The van der Waals surface area contributed by atoms with E-state index in [9.17, 15) is 9.59 Å². The Hall–Kier alpha value is -1.85. The van der Waals surface area contributed by atoms with Crippen molar-refractivity contribution in [2.45, 2.75) is 32.2 Å². The first kappa shape index (κ1) is 12.6. The molecule has 1 aromatic rings. The van der Waals surface area contributed by atoms with Gasteiger partial charge in [0.05, 0.1) is 13.5 Å². The van der Waals surface area contributed by atoms with Crippen LogP contribution in [0.5, 0.6) is 0 Å². The molecule has 18 heavy (non-hydrogen) atoms. The Morgan fingerprint density at radius 2 is 2.33 bits per heavy atom. The number of nitrogens with zero attached hydrogens (tertiary/aromatic N) is 1. The van der Waals surface area contributed by atoms with E-state index < -0.39 is 0 Å². The highest BCUT2D eigenvalue weighted by Crippen LogP contribution is 2.34. The van der Waals surface area contributed by atoms with Gasteiger partial charge in [0, 0.05) is 11.7 Å². The number of carbonyl (C=O) groups excluding carboxylic acids is 2. The number of methoxy groups -OCH3 is 1. The molecule has 0 unspecified atom stereocenters. The molecule has 0 saturated heterocycles. The number of hydrogen-bond acceptors (Lipinski definition) is 4. The molecular weight excluding hydrogens is 234 g/mol. The summed E-state index contributed by atoms with van der Waals surface area (Å²) in [6.45, 7) is 1.83. The fourth-order valence-corrected chi connectivity index (χ4v) is 1.87. The van der Waals surface area contributed by atoms with Gasteiger partial charge in [-0.15, -0.1) is 0 Å². The Morgan fingerprint density at radius 3 is 2.83 bits per heavy atom. The maximum absolute atomic E-state index is 11.9. The van der Waals surface area contributed by atoms with Gasteiger partial charge in [0.1, 0.15) is 5.69 Å². The van der Waals surface area contributed by atoms with Gasteiger partial charge in [-0.1, -0.05) is 0 Å². The summed E-state index contributed by atoms with van der Waals surface area (Å²) >= 11 is 0. The van der Waals surface area contributed by atoms with Gasteiger partial charge in [-0.05, 0) is 31.7 Å². The quantitative estimate of drug-likeness (QED) is 0.758. The standard InChI is InChI=1S/C12H17N3O3/c1-7-5-10(15-14-7)12(17)13-9(8-3-4-8)6-11(16)18-2/h5,8-9H,3-4,6H2,1-2H3,(H,13,17)(H,14,15)/t9-/m1/s1. The number of ether oxygens (including phenoxy) is 1. The second-order valence-corrected chi connectivity index (χ2v) is 4.63. The van der Waals surface area contributed by atoms with E-state index in [1.807, 2.05) is 6.92 Å². The summed E-state index contributed by atoms with van der Waals surface area (Å²) in [7, 11) is 1.35. The highest BCUT2D eigenvalue weighted by atomic mass is 16.5. The summed E-state index contributed by atoms with van der Waals surface area (Å²) in [5.41, 5.74) is 1.18. The fraction of sp³-hybridized carbons (Fsp3) is 0.583. The molecule has 6 heteroatoms. The molecule has 6 nitrogen and oxygen atoms in total. The van der Waals surface area contributed by atoms with Gasteiger partial charge in [0.2, 0.25) is 0 Å². The van der Waals surface area contributed by atoms with Crippen molar-refractivity contribution < 1.29 is 14.3 Å². The summed E-state index contributed by atoms with van der Waals surface area (Å²) in [5, 5.41) is 9.46. The first-order chi connectivity index (χ1) is 8.60. The topological polar surface area (TPSA) is 84.1 Å². The summed E-state index contributed by atoms with van der Waals surface area (Å²) in [4.78, 5) is 23.2. The summed E-state index contributed by atoms with van der Waals surface area (Å²) in [5.74, 6) is -0.168. The molecule has 0 aromatic carbocycles. The van der Waals surface area contributed by atoms with E-state index >= 15 is 0 Å². The molecule has 1 saturated carbocycles. The maximum Gasteiger partial charge on any atom is 0.307 e. The van der Waals surface area contributed by atoms with Gasteiger partial charge in [0.15, 0.2) is 0 Å². The van der Waals surface area contributed by atoms with E-state index in [2.05, 4.69) is 20.3 Å². The highest BCUT2D eigenvalue weighted by molar-refractivity contribution is 5.92. The first-order valence-electron chi connectivity index (χ1n) is 6.00. The summed E-state index contributed by atoms with van der Waals surface area (Å²) in [6, 6.07) is 1.53. The van der Waals surface area contributed by atoms with E-state index in [1.165, 1.54) is 7.11 Å². The molecule has 2 rings (SSSR count). The Kier molecular flexibility index (Phi) is 3.64. The van der Waals surface area contributed by atoms with Crippen molar-refractivity contribution >= 4 is 11.9 Å². The lowest BCUT2D eigenvalue weighted by molar-refractivity contribution is -0.141. The predicted octanol–water partition coefficient (Wildman–Crippen LogP) is 0.790. The Labute approximate surface area is 105 Å². The molecule has 0 radical (unpaired) electrons. The second-order valence-electron chi connectivity index (χ2n) is 4.63. The Morgan fingerprint density at radius 1 is 1.61 bits per heavy atom. The monoisotopic (exact) mass is 251 g/mol. The van der Waals surface area contributed by atoms with E-state index in [4.69, 9.17) is 0 Å². The van der Waals surface area contributed by atoms with Crippen LogP contribution in [-0.4, -0.2) is 35.2 Å². The third kappa shape index (κ3) is 3.09. The van der Waals surface area contributed by atoms with E-state index in [-0.39, 0.29) is 24.3 Å². The Bertz CT molecular complexity index is 451. The minimum Gasteiger partial charge on any atom is -0.469 e. The maximum atomic E-state index is 11.9. The summed E-state index contributed by atoms with van der Waals surface area (Å²) in [6.07, 6.45) is 2.30. The van der Waals surface area contributed by atoms with Crippen LogP contribution in [0.2, 0.25) is 0 Å². The van der Waals surface area contributed by atoms with Crippen LogP contribution in [0.3, 0.4) is 0 Å². The largest absolute Gasteiger partial charge is 0.469 e. The first-order valence-corrected chi connectivity index (χ1v) is 6.00. The molecule has 1 fully saturated rings. The number of aromatic amines is 1. The van der Waals surface area contributed by atoms with Gasteiger partial charge in [-0.2, -0.15) is 5.10 Å². The van der Waals surface area contributed by atoms with Crippen LogP contribution in [0.15, 0.2) is 6.07 Å². The molecule has 1 aromatic heterocycles. The van der Waals surface area contributed by atoms with Gasteiger partial charge < -0.3 is 10.1 Å². The molecule has 1 aliphatic rings. The van der Waals surface area contributed by atoms with Crippen molar-refractivity contribution in [3.63, 3.8) is 0 Å². The number of esters is 1. The number of carbonyl (C=O) groups is 2. The van der Waals surface area contributed by atoms with Crippen molar-refractivity contribution in [3.8, 4) is 0 Å². The van der Waals surface area contributed by atoms with Crippen LogP contribution in [0.1, 0.15) is 35.4 Å². The van der Waals surface area contributed by atoms with Crippen LogP contribution in [0.4, 0.5) is 0 Å². The van der Waals surface area contributed by atoms with Crippen LogP contribution in [0, 0.1) is 12.8 Å². The predicted molar refractivity (Wildman–Crippen MR) is 63.9 cm³/mol. The minimum absolute atomic E-state index is 0.151. The van der Waals surface area contributed by atoms with Crippen molar-refractivity contribution in [3.05, 3.63) is 17.5 Å². The number of H-pyrrole nitrogens is 1. The van der Waals surface area contributed by atoms with Gasteiger partial charge >= 0.3 is 5.97 Å². The van der Waals surface area contributed by atoms with Crippen LogP contribution in [-0.2, 0) is 9.53 Å². The second kappa shape index (κ2) is 5.20. The molecule has 1 aliphatic carbocycles. The van der Waals surface area contributed by atoms with Crippen molar-refractivity contribution in [1.82, 2.24) is 15.5 Å². The molecule has 2 N–H and O–H groups in total. The summed E-state index contributed by atoms with van der Waals surface area (Å²) < 4.78 is 4.64. The number of nitrogens with one attached hydrogen (secondary N) is 2. The van der Waals surface area contributed by atoms with E-state index in [0.717, 1.165) is 18.5 Å². The van der Waals surface area contributed by atoms with Crippen molar-refractivity contribution in [2.24, 2.45) is 5.92 Å². The lowest BCUT2D eigenvalue weighted by Crippen LogP contribution is -2.38.